The van der Waals surface area contributed by atoms with Crippen LogP contribution in [0.4, 0.5) is 11.4 Å². The van der Waals surface area contributed by atoms with Gasteiger partial charge < -0.3 is 4.74 Å². The summed E-state index contributed by atoms with van der Waals surface area (Å²) in [6.45, 7) is 3.18. The van der Waals surface area contributed by atoms with Gasteiger partial charge in [-0.15, -0.1) is 0 Å². The molecular formula is C15H19N5O3. The fourth-order valence-corrected chi connectivity index (χ4v) is 3.99. The zero-order valence-corrected chi connectivity index (χ0v) is 12.8. The first kappa shape index (κ1) is 14.5. The first-order valence-electron chi connectivity index (χ1n) is 8.00. The molecule has 0 radical (unpaired) electrons. The maximum atomic E-state index is 10.9. The summed E-state index contributed by atoms with van der Waals surface area (Å²) in [4.78, 5) is 12.9. The normalized spacial score (nSPS) is 30.6. The van der Waals surface area contributed by atoms with E-state index >= 15 is 0 Å². The number of ether oxygens (including phenoxy) is 1. The van der Waals surface area contributed by atoms with Crippen molar-refractivity contribution in [1.82, 2.24) is 4.90 Å². The summed E-state index contributed by atoms with van der Waals surface area (Å²) in [6.07, 6.45) is 3.15. The molecule has 1 saturated heterocycles. The Hall–Kier alpha value is -2.06. The molecule has 0 unspecified atom stereocenters. The van der Waals surface area contributed by atoms with Crippen LogP contribution in [0.5, 0.6) is 0 Å². The molecule has 23 heavy (non-hydrogen) atoms. The summed E-state index contributed by atoms with van der Waals surface area (Å²) >= 11 is 0. The van der Waals surface area contributed by atoms with Crippen LogP contribution >= 0.6 is 0 Å². The van der Waals surface area contributed by atoms with Crippen molar-refractivity contribution in [3.8, 4) is 0 Å². The molecule has 1 aromatic rings. The molecule has 1 aromatic carbocycles. The highest BCUT2D eigenvalue weighted by Gasteiger charge is 2.56. The van der Waals surface area contributed by atoms with Crippen molar-refractivity contribution in [2.75, 3.05) is 31.3 Å². The largest absolute Gasteiger partial charge is 0.379 e. The Balaban J connectivity index is 1.68. The minimum absolute atomic E-state index is 0.0910. The molecule has 3 aliphatic rings. The van der Waals surface area contributed by atoms with Crippen molar-refractivity contribution < 1.29 is 9.66 Å². The fraction of sp³-hybridized carbons (Fsp3) is 0.600. The lowest BCUT2D eigenvalue weighted by Crippen LogP contribution is -2.63. The van der Waals surface area contributed by atoms with Crippen molar-refractivity contribution in [2.24, 2.45) is 10.3 Å². The lowest BCUT2D eigenvalue weighted by molar-refractivity contribution is -0.384. The zero-order chi connectivity index (χ0) is 15.9. The molecule has 8 nitrogen and oxygen atoms in total. The van der Waals surface area contributed by atoms with E-state index in [2.05, 4.69) is 15.2 Å². The zero-order valence-electron chi connectivity index (χ0n) is 12.8. The van der Waals surface area contributed by atoms with E-state index in [0.29, 0.717) is 0 Å². The van der Waals surface area contributed by atoms with Crippen LogP contribution in [0.3, 0.4) is 0 Å². The second-order valence-corrected chi connectivity index (χ2v) is 6.18. The van der Waals surface area contributed by atoms with Crippen molar-refractivity contribution in [1.29, 1.82) is 0 Å². The molecule has 4 rings (SSSR count). The van der Waals surface area contributed by atoms with Crippen molar-refractivity contribution in [2.45, 2.75) is 31.0 Å². The average Bonchev–Trinajstić information content (AvgIpc) is 3.15. The molecule has 122 valence electrons. The topological polar surface area (TPSA) is 83.6 Å². The van der Waals surface area contributed by atoms with E-state index in [1.807, 2.05) is 5.01 Å². The number of morpholine rings is 1. The van der Waals surface area contributed by atoms with Gasteiger partial charge in [-0.05, 0) is 31.4 Å². The molecule has 1 aliphatic carbocycles. The minimum Gasteiger partial charge on any atom is -0.379 e. The van der Waals surface area contributed by atoms with Crippen molar-refractivity contribution in [3.05, 3.63) is 34.4 Å². The number of nitro benzene ring substituents is 1. The van der Waals surface area contributed by atoms with Crippen LogP contribution in [-0.2, 0) is 4.74 Å². The first-order valence-corrected chi connectivity index (χ1v) is 8.00. The van der Waals surface area contributed by atoms with E-state index in [4.69, 9.17) is 4.74 Å². The third-order valence-electron chi connectivity index (χ3n) is 5.07. The van der Waals surface area contributed by atoms with E-state index in [0.717, 1.165) is 51.3 Å². The molecule has 1 saturated carbocycles. The van der Waals surface area contributed by atoms with Gasteiger partial charge in [0.2, 0.25) is 0 Å². The van der Waals surface area contributed by atoms with Crippen molar-refractivity contribution >= 4 is 11.4 Å². The number of hydrogen-bond donors (Lipinski definition) is 0. The number of fused-ring (bicyclic) bond motifs is 1. The number of non-ortho nitro benzene ring substituents is 1. The van der Waals surface area contributed by atoms with Crippen LogP contribution in [-0.4, -0.2) is 47.8 Å². The van der Waals surface area contributed by atoms with E-state index < -0.39 is 0 Å². The highest BCUT2D eigenvalue weighted by atomic mass is 16.6. The Kier molecular flexibility index (Phi) is 3.50. The number of nitro groups is 1. The van der Waals surface area contributed by atoms with Gasteiger partial charge in [0.1, 0.15) is 11.7 Å². The third kappa shape index (κ3) is 2.21. The smallest absolute Gasteiger partial charge is 0.269 e. The Morgan fingerprint density at radius 3 is 2.70 bits per heavy atom. The van der Waals surface area contributed by atoms with Crippen LogP contribution in [0.1, 0.15) is 19.3 Å². The Morgan fingerprint density at radius 2 is 2.00 bits per heavy atom. The van der Waals surface area contributed by atoms with Gasteiger partial charge in [0.05, 0.1) is 23.8 Å². The summed E-state index contributed by atoms with van der Waals surface area (Å²) in [5.41, 5.74) is 0.712. The van der Waals surface area contributed by atoms with Crippen LogP contribution in [0.25, 0.3) is 0 Å². The maximum Gasteiger partial charge on any atom is 0.269 e. The number of rotatable bonds is 3. The Labute approximate surface area is 133 Å². The molecule has 2 heterocycles. The van der Waals surface area contributed by atoms with Crippen LogP contribution < -0.4 is 5.01 Å². The lowest BCUT2D eigenvalue weighted by Gasteiger charge is -2.46. The molecule has 0 amide bonds. The summed E-state index contributed by atoms with van der Waals surface area (Å²) in [7, 11) is 0. The SMILES string of the molecule is O=[N+]([O-])c1ccc(N2N=N[C@H]3CCC[C@]32N2CCOCC2)cc1. The van der Waals surface area contributed by atoms with E-state index in [9.17, 15) is 10.1 Å². The molecule has 0 bridgehead atoms. The average molecular weight is 317 g/mol. The molecule has 2 fully saturated rings. The molecule has 8 heteroatoms. The second kappa shape index (κ2) is 5.54. The summed E-state index contributed by atoms with van der Waals surface area (Å²) in [6, 6.07) is 6.75. The quantitative estimate of drug-likeness (QED) is 0.631. The van der Waals surface area contributed by atoms with Crippen LogP contribution in [0, 0.1) is 10.1 Å². The molecule has 0 N–H and O–H groups in total. The molecule has 0 aromatic heterocycles. The van der Waals surface area contributed by atoms with Gasteiger partial charge in [-0.1, -0.05) is 5.22 Å². The van der Waals surface area contributed by atoms with E-state index in [1.54, 1.807) is 12.1 Å². The summed E-state index contributed by atoms with van der Waals surface area (Å²) in [5.74, 6) is 0. The monoisotopic (exact) mass is 317 g/mol. The number of anilines is 1. The molecule has 0 spiro atoms. The standard InChI is InChI=1S/C15H19N5O3/c21-20(22)13-5-3-12(4-6-13)19-15(18-8-10-23-11-9-18)7-1-2-14(15)16-17-19/h3-6,14H,1-2,7-11H2/t14-,15+/m0/s1. The molecule has 2 atom stereocenters. The number of hydrogen-bond acceptors (Lipinski definition) is 7. The lowest BCUT2D eigenvalue weighted by atomic mass is 10.00. The number of nitrogens with zero attached hydrogens (tertiary/aromatic N) is 5. The minimum atomic E-state index is -0.384. The Morgan fingerprint density at radius 1 is 1.26 bits per heavy atom. The third-order valence-corrected chi connectivity index (χ3v) is 5.07. The maximum absolute atomic E-state index is 10.9. The predicted octanol–water partition coefficient (Wildman–Crippen LogP) is 2.36. The van der Waals surface area contributed by atoms with Gasteiger partial charge >= 0.3 is 0 Å². The first-order chi connectivity index (χ1) is 11.2. The summed E-state index contributed by atoms with van der Waals surface area (Å²) in [5, 5.41) is 21.7. The molecule has 2 aliphatic heterocycles. The van der Waals surface area contributed by atoms with Gasteiger partial charge in [0.15, 0.2) is 0 Å². The summed E-state index contributed by atoms with van der Waals surface area (Å²) < 4.78 is 5.49. The van der Waals surface area contributed by atoms with E-state index in [1.165, 1.54) is 12.1 Å². The highest BCUT2D eigenvalue weighted by molar-refractivity contribution is 5.53. The predicted molar refractivity (Wildman–Crippen MR) is 83.2 cm³/mol. The highest BCUT2D eigenvalue weighted by Crippen LogP contribution is 2.47. The fourth-order valence-electron chi connectivity index (χ4n) is 3.99. The Bertz CT molecular complexity index is 629. The second-order valence-electron chi connectivity index (χ2n) is 6.18. The van der Waals surface area contributed by atoms with Crippen molar-refractivity contribution in [3.63, 3.8) is 0 Å². The van der Waals surface area contributed by atoms with Gasteiger partial charge in [-0.2, -0.15) is 5.11 Å². The van der Waals surface area contributed by atoms with E-state index in [-0.39, 0.29) is 22.3 Å². The van der Waals surface area contributed by atoms with Gasteiger partial charge in [0, 0.05) is 25.2 Å². The van der Waals surface area contributed by atoms with Gasteiger partial charge in [-0.3, -0.25) is 15.0 Å². The van der Waals surface area contributed by atoms with Gasteiger partial charge in [0.25, 0.3) is 5.69 Å². The van der Waals surface area contributed by atoms with Gasteiger partial charge in [-0.25, -0.2) is 5.01 Å². The number of benzene rings is 1. The van der Waals surface area contributed by atoms with Crippen LogP contribution in [0.15, 0.2) is 34.6 Å². The molecular weight excluding hydrogens is 298 g/mol. The van der Waals surface area contributed by atoms with Crippen LogP contribution in [0.2, 0.25) is 0 Å².